The second-order valence-corrected chi connectivity index (χ2v) is 4.70. The highest BCUT2D eigenvalue weighted by Gasteiger charge is 2.08. The van der Waals surface area contributed by atoms with Crippen molar-refractivity contribution >= 4 is 16.9 Å². The minimum Gasteiger partial charge on any atom is -0.545 e. The molecule has 1 aromatic heterocycles. The van der Waals surface area contributed by atoms with Gasteiger partial charge in [-0.15, -0.1) is 0 Å². The Morgan fingerprint density at radius 3 is 2.52 bits per heavy atom. The Labute approximate surface area is 122 Å². The maximum absolute atomic E-state index is 11.2. The number of ether oxygens (including phenoxy) is 1. The molecule has 1 heterocycles. The maximum atomic E-state index is 11.2. The molecule has 0 atom stereocenters. The number of para-hydroxylation sites is 2. The summed E-state index contributed by atoms with van der Waals surface area (Å²) in [6.45, 7) is 1.04. The van der Waals surface area contributed by atoms with Crippen LogP contribution in [0.2, 0.25) is 0 Å². The van der Waals surface area contributed by atoms with Gasteiger partial charge in [-0.05, 0) is 18.2 Å². The predicted octanol–water partition coefficient (Wildman–Crippen LogP) is 2.08. The van der Waals surface area contributed by atoms with Crippen molar-refractivity contribution in [3.63, 3.8) is 0 Å². The second-order valence-electron chi connectivity index (χ2n) is 4.70. The molecule has 2 aromatic carbocycles. The number of hydrogen-bond acceptors (Lipinski definition) is 3. The summed E-state index contributed by atoms with van der Waals surface area (Å²) in [6, 6.07) is 16.9. The Hall–Kier alpha value is -2.75. The van der Waals surface area contributed by atoms with Crippen LogP contribution in [0, 0.1) is 0 Å². The fourth-order valence-corrected chi connectivity index (χ4v) is 2.37. The van der Waals surface area contributed by atoms with Gasteiger partial charge >= 0.3 is 0 Å². The molecule has 21 heavy (non-hydrogen) atoms. The fourth-order valence-electron chi connectivity index (χ4n) is 2.37. The molecular weight excluding hydrogens is 266 g/mol. The van der Waals surface area contributed by atoms with Gasteiger partial charge in [0.25, 0.3) is 0 Å². The number of carboxylic acids is 1. The van der Waals surface area contributed by atoms with E-state index < -0.39 is 5.97 Å². The lowest BCUT2D eigenvalue weighted by atomic mass is 10.2. The molecule has 3 rings (SSSR count). The fraction of sp³-hybridized carbons (Fsp3) is 0.118. The largest absolute Gasteiger partial charge is 0.545 e. The van der Waals surface area contributed by atoms with Crippen LogP contribution < -0.4 is 9.84 Å². The molecule has 0 spiro atoms. The Kier molecular flexibility index (Phi) is 3.60. The highest BCUT2D eigenvalue weighted by molar-refractivity contribution is 6.02. The highest BCUT2D eigenvalue weighted by Crippen LogP contribution is 2.20. The molecule has 0 N–H and O–H groups in total. The van der Waals surface area contributed by atoms with Crippen molar-refractivity contribution in [2.45, 2.75) is 6.54 Å². The van der Waals surface area contributed by atoms with Crippen molar-refractivity contribution in [1.29, 1.82) is 0 Å². The van der Waals surface area contributed by atoms with Gasteiger partial charge in [-0.3, -0.25) is 0 Å². The third kappa shape index (κ3) is 2.74. The quantitative estimate of drug-likeness (QED) is 0.719. The van der Waals surface area contributed by atoms with E-state index >= 15 is 0 Å². The van der Waals surface area contributed by atoms with Gasteiger partial charge in [0, 0.05) is 22.7 Å². The van der Waals surface area contributed by atoms with Crippen molar-refractivity contribution in [3.05, 3.63) is 66.4 Å². The van der Waals surface area contributed by atoms with Crippen LogP contribution in [-0.2, 0) is 6.54 Å². The van der Waals surface area contributed by atoms with Crippen LogP contribution in [0.5, 0.6) is 5.75 Å². The molecule has 3 aromatic rings. The molecule has 0 aliphatic heterocycles. The lowest BCUT2D eigenvalue weighted by Gasteiger charge is -2.08. The van der Waals surface area contributed by atoms with Gasteiger partial charge in [0.15, 0.2) is 0 Å². The van der Waals surface area contributed by atoms with Crippen LogP contribution >= 0.6 is 0 Å². The average molecular weight is 280 g/mol. The number of fused-ring (bicyclic) bond motifs is 1. The minimum absolute atomic E-state index is 0.213. The van der Waals surface area contributed by atoms with Gasteiger partial charge in [-0.2, -0.15) is 0 Å². The van der Waals surface area contributed by atoms with Crippen molar-refractivity contribution in [1.82, 2.24) is 4.57 Å². The van der Waals surface area contributed by atoms with E-state index in [2.05, 4.69) is 0 Å². The normalized spacial score (nSPS) is 10.7. The van der Waals surface area contributed by atoms with E-state index in [9.17, 15) is 9.90 Å². The van der Waals surface area contributed by atoms with E-state index in [0.29, 0.717) is 18.5 Å². The summed E-state index contributed by atoms with van der Waals surface area (Å²) in [4.78, 5) is 11.2. The van der Waals surface area contributed by atoms with E-state index in [0.717, 1.165) is 11.3 Å². The van der Waals surface area contributed by atoms with Crippen molar-refractivity contribution < 1.29 is 14.6 Å². The highest BCUT2D eigenvalue weighted by atomic mass is 16.5. The van der Waals surface area contributed by atoms with Crippen molar-refractivity contribution in [2.75, 3.05) is 6.61 Å². The maximum Gasteiger partial charge on any atom is 0.119 e. The van der Waals surface area contributed by atoms with E-state index in [1.54, 1.807) is 12.3 Å². The average Bonchev–Trinajstić information content (AvgIpc) is 2.88. The predicted molar refractivity (Wildman–Crippen MR) is 78.2 cm³/mol. The van der Waals surface area contributed by atoms with Crippen LogP contribution in [0.15, 0.2) is 60.8 Å². The first-order valence-electron chi connectivity index (χ1n) is 6.73. The van der Waals surface area contributed by atoms with Crippen LogP contribution in [0.3, 0.4) is 0 Å². The number of aromatic nitrogens is 1. The van der Waals surface area contributed by atoms with Gasteiger partial charge in [0.05, 0.1) is 12.5 Å². The standard InChI is InChI=1S/C17H15NO3/c19-17(20)15-12-18(16-9-5-4-8-14(15)16)10-11-21-13-6-2-1-3-7-13/h1-9,12H,10-11H2,(H,19,20)/p-1. The molecule has 0 aliphatic carbocycles. The number of hydrogen-bond donors (Lipinski definition) is 0. The summed E-state index contributed by atoms with van der Waals surface area (Å²) in [7, 11) is 0. The number of aromatic carboxylic acids is 1. The van der Waals surface area contributed by atoms with E-state index in [1.807, 2.05) is 53.1 Å². The first-order valence-corrected chi connectivity index (χ1v) is 6.73. The summed E-state index contributed by atoms with van der Waals surface area (Å²) in [5.74, 6) is -0.358. The van der Waals surface area contributed by atoms with Crippen LogP contribution in [0.4, 0.5) is 0 Å². The van der Waals surface area contributed by atoms with Gasteiger partial charge in [0.1, 0.15) is 12.4 Å². The number of carboxylic acid groups (broad SMARTS) is 1. The first-order chi connectivity index (χ1) is 10.3. The Morgan fingerprint density at radius 2 is 1.76 bits per heavy atom. The number of nitrogens with zero attached hydrogens (tertiary/aromatic N) is 1. The zero-order chi connectivity index (χ0) is 14.7. The summed E-state index contributed by atoms with van der Waals surface area (Å²) in [6.07, 6.45) is 1.61. The monoisotopic (exact) mass is 280 g/mol. The number of benzene rings is 2. The molecule has 0 saturated heterocycles. The SMILES string of the molecule is O=C([O-])c1cn(CCOc2ccccc2)c2ccccc12. The van der Waals surface area contributed by atoms with Gasteiger partial charge in [-0.1, -0.05) is 36.4 Å². The Balaban J connectivity index is 1.79. The molecule has 0 saturated carbocycles. The summed E-state index contributed by atoms with van der Waals surface area (Å²) in [5, 5.41) is 11.9. The van der Waals surface area contributed by atoms with Gasteiger partial charge < -0.3 is 19.2 Å². The smallest absolute Gasteiger partial charge is 0.119 e. The molecule has 0 bridgehead atoms. The molecule has 4 nitrogen and oxygen atoms in total. The molecule has 0 radical (unpaired) electrons. The third-order valence-electron chi connectivity index (χ3n) is 3.35. The van der Waals surface area contributed by atoms with E-state index in [1.165, 1.54) is 0 Å². The topological polar surface area (TPSA) is 54.3 Å². The lowest BCUT2D eigenvalue weighted by molar-refractivity contribution is -0.254. The van der Waals surface area contributed by atoms with E-state index in [-0.39, 0.29) is 5.56 Å². The molecule has 0 amide bonds. The summed E-state index contributed by atoms with van der Waals surface area (Å²) in [5.41, 5.74) is 1.08. The number of carbonyl (C=O) groups is 1. The van der Waals surface area contributed by atoms with Crippen LogP contribution in [0.25, 0.3) is 10.9 Å². The van der Waals surface area contributed by atoms with Gasteiger partial charge in [0.2, 0.25) is 0 Å². The molecule has 4 heteroatoms. The summed E-state index contributed by atoms with van der Waals surface area (Å²) >= 11 is 0. The van der Waals surface area contributed by atoms with Gasteiger partial charge in [-0.25, -0.2) is 0 Å². The van der Waals surface area contributed by atoms with Crippen LogP contribution in [-0.4, -0.2) is 17.1 Å². The minimum atomic E-state index is -1.16. The first kappa shape index (κ1) is 13.2. The van der Waals surface area contributed by atoms with Crippen molar-refractivity contribution in [2.24, 2.45) is 0 Å². The second kappa shape index (κ2) is 5.71. The van der Waals surface area contributed by atoms with Crippen molar-refractivity contribution in [3.8, 4) is 5.75 Å². The van der Waals surface area contributed by atoms with Crippen LogP contribution in [0.1, 0.15) is 10.4 Å². The molecule has 106 valence electrons. The molecule has 0 unspecified atom stereocenters. The number of carbonyl (C=O) groups excluding carboxylic acids is 1. The number of rotatable bonds is 5. The Morgan fingerprint density at radius 1 is 1.05 bits per heavy atom. The molecule has 0 fully saturated rings. The zero-order valence-corrected chi connectivity index (χ0v) is 11.4. The zero-order valence-electron chi connectivity index (χ0n) is 11.4. The third-order valence-corrected chi connectivity index (χ3v) is 3.35. The lowest BCUT2D eigenvalue weighted by Crippen LogP contribution is -2.21. The summed E-state index contributed by atoms with van der Waals surface area (Å²) < 4.78 is 7.52. The van der Waals surface area contributed by atoms with E-state index in [4.69, 9.17) is 4.74 Å². The molecular formula is C17H14NO3-. The Bertz CT molecular complexity index is 762. The molecule has 0 aliphatic rings.